The minimum Gasteiger partial charge on any atom is -0.395 e. The summed E-state index contributed by atoms with van der Waals surface area (Å²) in [6.07, 6.45) is 0. The summed E-state index contributed by atoms with van der Waals surface area (Å²) in [5.74, 6) is -2.79. The van der Waals surface area contributed by atoms with Crippen molar-refractivity contribution in [3.63, 3.8) is 0 Å². The Morgan fingerprint density at radius 1 is 1.26 bits per heavy atom. The number of aliphatic hydroxyl groups excluding tert-OH is 1. The van der Waals surface area contributed by atoms with Gasteiger partial charge in [-0.05, 0) is 42.8 Å². The van der Waals surface area contributed by atoms with Gasteiger partial charge in [0.15, 0.2) is 11.6 Å². The van der Waals surface area contributed by atoms with Gasteiger partial charge in [-0.3, -0.25) is 4.79 Å². The third-order valence-electron chi connectivity index (χ3n) is 3.18. The first-order valence-corrected chi connectivity index (χ1v) is 7.63. The number of benzene rings is 2. The number of aliphatic hydroxyl groups is 1. The highest BCUT2D eigenvalue weighted by Crippen LogP contribution is 2.29. The van der Waals surface area contributed by atoms with Gasteiger partial charge in [0.2, 0.25) is 0 Å². The van der Waals surface area contributed by atoms with Crippen molar-refractivity contribution < 1.29 is 18.7 Å². The van der Waals surface area contributed by atoms with E-state index in [1.807, 2.05) is 6.07 Å². The molecule has 0 unspecified atom stereocenters. The molecule has 0 radical (unpaired) electrons. The molecule has 2 aromatic carbocycles. The molecule has 0 atom stereocenters. The van der Waals surface area contributed by atoms with Gasteiger partial charge in [0.05, 0.1) is 17.9 Å². The topological polar surface area (TPSA) is 61.4 Å². The molecule has 2 aromatic rings. The molecule has 0 aliphatic heterocycles. The van der Waals surface area contributed by atoms with Crippen LogP contribution in [0.5, 0.6) is 0 Å². The molecule has 3 N–H and O–H groups in total. The van der Waals surface area contributed by atoms with Gasteiger partial charge in [-0.15, -0.1) is 0 Å². The van der Waals surface area contributed by atoms with E-state index in [9.17, 15) is 13.6 Å². The lowest BCUT2D eigenvalue weighted by molar-refractivity contribution is 0.0945. The van der Waals surface area contributed by atoms with Crippen molar-refractivity contribution in [1.29, 1.82) is 0 Å². The Morgan fingerprint density at radius 3 is 2.65 bits per heavy atom. The highest BCUT2D eigenvalue weighted by Gasteiger charge is 2.19. The van der Waals surface area contributed by atoms with Gasteiger partial charge in [-0.1, -0.05) is 15.9 Å². The Balaban J connectivity index is 2.43. The van der Waals surface area contributed by atoms with E-state index < -0.39 is 17.5 Å². The number of amides is 1. The highest BCUT2D eigenvalue weighted by molar-refractivity contribution is 9.10. The molecule has 4 nitrogen and oxygen atoms in total. The smallest absolute Gasteiger partial charge is 0.253 e. The molecule has 0 spiro atoms. The van der Waals surface area contributed by atoms with Crippen molar-refractivity contribution in [1.82, 2.24) is 5.32 Å². The van der Waals surface area contributed by atoms with E-state index >= 15 is 0 Å². The molecule has 23 heavy (non-hydrogen) atoms. The fourth-order valence-corrected chi connectivity index (χ4v) is 2.50. The monoisotopic (exact) mass is 384 g/mol. The molecule has 0 bridgehead atoms. The van der Waals surface area contributed by atoms with Crippen LogP contribution >= 0.6 is 15.9 Å². The first-order valence-electron chi connectivity index (χ1n) is 6.84. The average molecular weight is 385 g/mol. The number of aryl methyl sites for hydroxylation is 1. The zero-order chi connectivity index (χ0) is 17.0. The summed E-state index contributed by atoms with van der Waals surface area (Å²) in [4.78, 5) is 12.1. The van der Waals surface area contributed by atoms with Gasteiger partial charge in [0.25, 0.3) is 5.91 Å². The summed E-state index contributed by atoms with van der Waals surface area (Å²) in [5.41, 5.74) is 1.06. The Bertz CT molecular complexity index is 738. The molecule has 0 aromatic heterocycles. The van der Waals surface area contributed by atoms with Crippen LogP contribution in [0.1, 0.15) is 15.9 Å². The maximum absolute atomic E-state index is 14.2. The zero-order valence-electron chi connectivity index (χ0n) is 12.3. The number of rotatable bonds is 5. The van der Waals surface area contributed by atoms with Crippen LogP contribution in [-0.4, -0.2) is 24.2 Å². The summed E-state index contributed by atoms with van der Waals surface area (Å²) < 4.78 is 28.6. The van der Waals surface area contributed by atoms with E-state index in [1.165, 1.54) is 6.07 Å². The Hall–Kier alpha value is -1.99. The molecule has 0 fully saturated rings. The van der Waals surface area contributed by atoms with Crippen LogP contribution in [0.25, 0.3) is 0 Å². The predicted octanol–water partition coefficient (Wildman–Crippen LogP) is 3.50. The summed E-state index contributed by atoms with van der Waals surface area (Å²) in [6, 6.07) is 7.34. The van der Waals surface area contributed by atoms with E-state index in [1.54, 1.807) is 19.1 Å². The third kappa shape index (κ3) is 4.05. The van der Waals surface area contributed by atoms with E-state index in [-0.39, 0.29) is 24.4 Å². The van der Waals surface area contributed by atoms with Crippen LogP contribution in [-0.2, 0) is 0 Å². The Kier molecular flexibility index (Phi) is 5.68. The van der Waals surface area contributed by atoms with Crippen molar-refractivity contribution in [2.24, 2.45) is 0 Å². The van der Waals surface area contributed by atoms with Crippen molar-refractivity contribution in [3.05, 3.63) is 57.6 Å². The number of carbonyl (C=O) groups is 1. The lowest BCUT2D eigenvalue weighted by Gasteiger charge is -2.15. The van der Waals surface area contributed by atoms with Crippen molar-refractivity contribution in [2.75, 3.05) is 18.5 Å². The summed E-state index contributed by atoms with van der Waals surface area (Å²) in [6.45, 7) is 1.58. The number of nitrogens with one attached hydrogen (secondary N) is 2. The molecular weight excluding hydrogens is 370 g/mol. The largest absolute Gasteiger partial charge is 0.395 e. The molecule has 122 valence electrons. The SMILES string of the molecule is Cc1cc(Br)ccc1Nc1c(C(=O)NCCO)ccc(F)c1F. The van der Waals surface area contributed by atoms with Crippen molar-refractivity contribution >= 4 is 33.2 Å². The summed E-state index contributed by atoms with van der Waals surface area (Å²) >= 11 is 3.32. The third-order valence-corrected chi connectivity index (χ3v) is 3.68. The van der Waals surface area contributed by atoms with Gasteiger partial charge < -0.3 is 15.7 Å². The number of anilines is 2. The van der Waals surface area contributed by atoms with Crippen LogP contribution in [0.4, 0.5) is 20.2 Å². The van der Waals surface area contributed by atoms with Gasteiger partial charge in [0.1, 0.15) is 0 Å². The first kappa shape index (κ1) is 17.4. The van der Waals surface area contributed by atoms with Gasteiger partial charge in [0, 0.05) is 16.7 Å². The van der Waals surface area contributed by atoms with Crippen molar-refractivity contribution in [3.8, 4) is 0 Å². The van der Waals surface area contributed by atoms with Crippen LogP contribution in [0, 0.1) is 18.6 Å². The van der Waals surface area contributed by atoms with Crippen molar-refractivity contribution in [2.45, 2.75) is 6.92 Å². The second-order valence-electron chi connectivity index (χ2n) is 4.85. The first-order chi connectivity index (χ1) is 10.9. The maximum atomic E-state index is 14.2. The van der Waals surface area contributed by atoms with Crippen LogP contribution < -0.4 is 10.6 Å². The zero-order valence-corrected chi connectivity index (χ0v) is 13.9. The average Bonchev–Trinajstić information content (AvgIpc) is 2.52. The van der Waals surface area contributed by atoms with Gasteiger partial charge in [-0.2, -0.15) is 0 Å². The fourth-order valence-electron chi connectivity index (χ4n) is 2.03. The van der Waals surface area contributed by atoms with Gasteiger partial charge in [-0.25, -0.2) is 8.78 Å². The minimum absolute atomic E-state index is 0.0224. The normalized spacial score (nSPS) is 10.5. The molecule has 0 aliphatic rings. The molecule has 0 saturated carbocycles. The quantitative estimate of drug-likeness (QED) is 0.739. The lowest BCUT2D eigenvalue weighted by atomic mass is 10.1. The highest BCUT2D eigenvalue weighted by atomic mass is 79.9. The molecule has 1 amide bonds. The maximum Gasteiger partial charge on any atom is 0.253 e. The van der Waals surface area contributed by atoms with Crippen LogP contribution in [0.3, 0.4) is 0 Å². The second-order valence-corrected chi connectivity index (χ2v) is 5.76. The molecule has 0 aliphatic carbocycles. The van der Waals surface area contributed by atoms with E-state index in [0.717, 1.165) is 16.1 Å². The number of hydrogen-bond acceptors (Lipinski definition) is 3. The van der Waals surface area contributed by atoms with E-state index in [2.05, 4.69) is 26.6 Å². The Labute approximate surface area is 140 Å². The van der Waals surface area contributed by atoms with Crippen LogP contribution in [0.15, 0.2) is 34.8 Å². The summed E-state index contributed by atoms with van der Waals surface area (Å²) in [5, 5.41) is 14.0. The molecule has 2 rings (SSSR count). The molecular formula is C16H15BrF2N2O2. The van der Waals surface area contributed by atoms with E-state index in [0.29, 0.717) is 5.69 Å². The molecule has 0 heterocycles. The standard InChI is InChI=1S/C16H15BrF2N2O2/c1-9-8-10(17)2-5-13(9)21-15-11(16(23)20-6-7-22)3-4-12(18)14(15)19/h2-5,8,21-22H,6-7H2,1H3,(H,20,23). The van der Waals surface area contributed by atoms with E-state index in [4.69, 9.17) is 5.11 Å². The number of halogens is 3. The number of carbonyl (C=O) groups excluding carboxylic acids is 1. The summed E-state index contributed by atoms with van der Waals surface area (Å²) in [7, 11) is 0. The number of hydrogen-bond donors (Lipinski definition) is 3. The molecule has 7 heteroatoms. The predicted molar refractivity (Wildman–Crippen MR) is 87.9 cm³/mol. The fraction of sp³-hybridized carbons (Fsp3) is 0.188. The van der Waals surface area contributed by atoms with Gasteiger partial charge >= 0.3 is 0 Å². The Morgan fingerprint density at radius 2 is 2.00 bits per heavy atom. The molecule has 0 saturated heterocycles. The second kappa shape index (κ2) is 7.52. The van der Waals surface area contributed by atoms with Crippen LogP contribution in [0.2, 0.25) is 0 Å². The lowest BCUT2D eigenvalue weighted by Crippen LogP contribution is -2.27. The minimum atomic E-state index is -1.14.